The van der Waals surface area contributed by atoms with E-state index >= 15 is 0 Å². The Balaban J connectivity index is 2.78. The number of hydrogen-bond donors (Lipinski definition) is 4. The number of benzene rings is 1. The lowest BCUT2D eigenvalue weighted by molar-refractivity contribution is 0.368. The van der Waals surface area contributed by atoms with Gasteiger partial charge in [0.15, 0.2) is 11.5 Å². The summed E-state index contributed by atoms with van der Waals surface area (Å²) in [6, 6.07) is 3.84. The Hall–Kier alpha value is -1.68. The van der Waals surface area contributed by atoms with Crippen LogP contribution in [0.5, 0.6) is 11.5 Å². The van der Waals surface area contributed by atoms with Crippen LogP contribution in [0.1, 0.15) is 5.56 Å². The van der Waals surface area contributed by atoms with Gasteiger partial charge in [-0.05, 0) is 24.1 Å². The largest absolute Gasteiger partial charge is 0.511 e. The highest BCUT2D eigenvalue weighted by atomic mass is 16.3. The van der Waals surface area contributed by atoms with Gasteiger partial charge in [-0.15, -0.1) is 0 Å². The van der Waals surface area contributed by atoms with Gasteiger partial charge in [-0.1, -0.05) is 12.6 Å². The minimum absolute atomic E-state index is 0.0995. The van der Waals surface area contributed by atoms with E-state index in [4.69, 9.17) is 15.9 Å². The molecule has 1 rings (SSSR count). The molecule has 0 heterocycles. The molecule has 14 heavy (non-hydrogen) atoms. The van der Waals surface area contributed by atoms with Crippen molar-refractivity contribution in [2.24, 2.45) is 5.73 Å². The molecule has 0 radical (unpaired) electrons. The van der Waals surface area contributed by atoms with Crippen LogP contribution in [0.2, 0.25) is 0 Å². The number of phenolic OH excluding ortho intramolecular Hbond substituents is 2. The SMILES string of the molecule is C=C(O)[C@@H](N)Cc1ccc(O)c(O)c1. The molecule has 0 aliphatic heterocycles. The molecule has 0 aromatic heterocycles. The van der Waals surface area contributed by atoms with E-state index in [1.165, 1.54) is 12.1 Å². The van der Waals surface area contributed by atoms with Gasteiger partial charge in [0, 0.05) is 0 Å². The fourth-order valence-corrected chi connectivity index (χ4v) is 1.07. The predicted molar refractivity (Wildman–Crippen MR) is 53.2 cm³/mol. The number of aliphatic hydroxyl groups is 1. The molecule has 0 bridgehead atoms. The molecule has 1 atom stereocenters. The normalized spacial score (nSPS) is 12.4. The highest BCUT2D eigenvalue weighted by Crippen LogP contribution is 2.25. The van der Waals surface area contributed by atoms with E-state index in [0.29, 0.717) is 6.42 Å². The molecular formula is C10H13NO3. The molecule has 76 valence electrons. The third-order valence-electron chi connectivity index (χ3n) is 1.92. The minimum atomic E-state index is -0.557. The molecule has 4 nitrogen and oxygen atoms in total. The first-order valence-corrected chi connectivity index (χ1v) is 4.15. The highest BCUT2D eigenvalue weighted by Gasteiger charge is 2.08. The Labute approximate surface area is 81.9 Å². The van der Waals surface area contributed by atoms with Gasteiger partial charge in [-0.3, -0.25) is 0 Å². The fraction of sp³-hybridized carbons (Fsp3) is 0.200. The minimum Gasteiger partial charge on any atom is -0.511 e. The summed E-state index contributed by atoms with van der Waals surface area (Å²) < 4.78 is 0. The van der Waals surface area contributed by atoms with Crippen LogP contribution in [-0.2, 0) is 6.42 Å². The summed E-state index contributed by atoms with van der Waals surface area (Å²) in [7, 11) is 0. The maximum Gasteiger partial charge on any atom is 0.157 e. The topological polar surface area (TPSA) is 86.7 Å². The highest BCUT2D eigenvalue weighted by molar-refractivity contribution is 5.40. The summed E-state index contributed by atoms with van der Waals surface area (Å²) in [5.41, 5.74) is 6.27. The second-order valence-corrected chi connectivity index (χ2v) is 3.13. The zero-order chi connectivity index (χ0) is 10.7. The predicted octanol–water partition coefficient (Wildman–Crippen LogP) is 1.04. The van der Waals surface area contributed by atoms with Crippen molar-refractivity contribution in [3.63, 3.8) is 0 Å². The van der Waals surface area contributed by atoms with Gasteiger partial charge in [0.2, 0.25) is 0 Å². The van der Waals surface area contributed by atoms with Gasteiger partial charge in [0.25, 0.3) is 0 Å². The number of aromatic hydroxyl groups is 2. The Morgan fingerprint density at radius 2 is 2.00 bits per heavy atom. The monoisotopic (exact) mass is 195 g/mol. The van der Waals surface area contributed by atoms with E-state index in [1.807, 2.05) is 0 Å². The molecular weight excluding hydrogens is 182 g/mol. The van der Waals surface area contributed by atoms with Gasteiger partial charge >= 0.3 is 0 Å². The molecule has 0 saturated carbocycles. The van der Waals surface area contributed by atoms with Gasteiger partial charge in [-0.2, -0.15) is 0 Å². The summed E-state index contributed by atoms with van der Waals surface area (Å²) in [5, 5.41) is 27.2. The molecule has 0 unspecified atom stereocenters. The lowest BCUT2D eigenvalue weighted by Crippen LogP contribution is -2.24. The van der Waals surface area contributed by atoms with Gasteiger partial charge in [-0.25, -0.2) is 0 Å². The van der Waals surface area contributed by atoms with E-state index in [0.717, 1.165) is 5.56 Å². The summed E-state index contributed by atoms with van der Waals surface area (Å²) in [4.78, 5) is 0. The Bertz CT molecular complexity index is 349. The number of rotatable bonds is 3. The van der Waals surface area contributed by atoms with Gasteiger partial charge < -0.3 is 21.1 Å². The van der Waals surface area contributed by atoms with Crippen LogP contribution in [0, 0.1) is 0 Å². The van der Waals surface area contributed by atoms with Crippen molar-refractivity contribution in [2.75, 3.05) is 0 Å². The molecule has 1 aromatic carbocycles. The summed E-state index contributed by atoms with van der Waals surface area (Å²) in [6.45, 7) is 3.31. The molecule has 0 aliphatic carbocycles. The molecule has 0 fully saturated rings. The van der Waals surface area contributed by atoms with Crippen molar-refractivity contribution in [1.82, 2.24) is 0 Å². The molecule has 0 saturated heterocycles. The van der Waals surface area contributed by atoms with Crippen LogP contribution in [0.3, 0.4) is 0 Å². The van der Waals surface area contributed by atoms with Crippen LogP contribution < -0.4 is 5.73 Å². The van der Waals surface area contributed by atoms with Gasteiger partial charge in [0.05, 0.1) is 6.04 Å². The van der Waals surface area contributed by atoms with E-state index in [-0.39, 0.29) is 17.3 Å². The van der Waals surface area contributed by atoms with E-state index in [9.17, 15) is 5.11 Å². The van der Waals surface area contributed by atoms with Crippen LogP contribution in [0.4, 0.5) is 0 Å². The first-order chi connectivity index (χ1) is 6.50. The standard InChI is InChI=1S/C10H13NO3/c1-6(12)8(11)4-7-2-3-9(13)10(14)5-7/h2-3,5,8,12-14H,1,4,11H2/t8-/m0/s1. The average molecular weight is 195 g/mol. The molecule has 0 aliphatic rings. The van der Waals surface area contributed by atoms with E-state index in [2.05, 4.69) is 6.58 Å². The first-order valence-electron chi connectivity index (χ1n) is 4.15. The van der Waals surface area contributed by atoms with Gasteiger partial charge in [0.1, 0.15) is 5.76 Å². The van der Waals surface area contributed by atoms with Crippen molar-refractivity contribution in [3.8, 4) is 11.5 Å². The molecule has 1 aromatic rings. The van der Waals surface area contributed by atoms with E-state index in [1.54, 1.807) is 6.07 Å². The van der Waals surface area contributed by atoms with Crippen molar-refractivity contribution in [3.05, 3.63) is 36.1 Å². The maximum atomic E-state index is 9.18. The Morgan fingerprint density at radius 3 is 2.50 bits per heavy atom. The van der Waals surface area contributed by atoms with Crippen molar-refractivity contribution in [1.29, 1.82) is 0 Å². The smallest absolute Gasteiger partial charge is 0.157 e. The van der Waals surface area contributed by atoms with Crippen LogP contribution in [-0.4, -0.2) is 21.4 Å². The quantitative estimate of drug-likeness (QED) is 0.428. The summed E-state index contributed by atoms with van der Waals surface area (Å²) in [5.74, 6) is -0.471. The fourth-order valence-electron chi connectivity index (χ4n) is 1.07. The number of hydrogen-bond acceptors (Lipinski definition) is 4. The van der Waals surface area contributed by atoms with Crippen molar-refractivity contribution >= 4 is 0 Å². The number of nitrogens with two attached hydrogens (primary N) is 1. The average Bonchev–Trinajstić information content (AvgIpc) is 2.11. The molecule has 0 spiro atoms. The lowest BCUT2D eigenvalue weighted by atomic mass is 10.1. The summed E-state index contributed by atoms with van der Waals surface area (Å²) in [6.07, 6.45) is 0.364. The molecule has 5 N–H and O–H groups in total. The maximum absolute atomic E-state index is 9.18. The zero-order valence-corrected chi connectivity index (χ0v) is 7.64. The zero-order valence-electron chi connectivity index (χ0n) is 7.64. The lowest BCUT2D eigenvalue weighted by Gasteiger charge is -2.10. The van der Waals surface area contributed by atoms with Crippen molar-refractivity contribution < 1.29 is 15.3 Å². The first kappa shape index (κ1) is 10.4. The second kappa shape index (κ2) is 4.02. The Morgan fingerprint density at radius 1 is 1.36 bits per heavy atom. The van der Waals surface area contributed by atoms with Crippen LogP contribution >= 0.6 is 0 Å². The summed E-state index contributed by atoms with van der Waals surface area (Å²) >= 11 is 0. The third-order valence-corrected chi connectivity index (χ3v) is 1.92. The van der Waals surface area contributed by atoms with Crippen molar-refractivity contribution in [2.45, 2.75) is 12.5 Å². The molecule has 0 amide bonds. The second-order valence-electron chi connectivity index (χ2n) is 3.13. The van der Waals surface area contributed by atoms with Crippen LogP contribution in [0.15, 0.2) is 30.5 Å². The third kappa shape index (κ3) is 2.40. The number of phenols is 2. The number of aliphatic hydroxyl groups excluding tert-OH is 1. The molecule has 4 heteroatoms. The van der Waals surface area contributed by atoms with E-state index < -0.39 is 6.04 Å². The Kier molecular flexibility index (Phi) is 2.99. The van der Waals surface area contributed by atoms with Crippen LogP contribution in [0.25, 0.3) is 0 Å².